The van der Waals surface area contributed by atoms with Crippen LogP contribution in [0.1, 0.15) is 12.8 Å². The lowest BCUT2D eigenvalue weighted by atomic mass is 9.98. The van der Waals surface area contributed by atoms with Crippen molar-refractivity contribution in [1.82, 2.24) is 9.88 Å². The van der Waals surface area contributed by atoms with E-state index in [2.05, 4.69) is 18.2 Å². The Kier molecular flexibility index (Phi) is 5.78. The lowest BCUT2D eigenvalue weighted by molar-refractivity contribution is -0.132. The third-order valence-corrected chi connectivity index (χ3v) is 6.06. The zero-order chi connectivity index (χ0) is 21.9. The normalized spacial score (nSPS) is 13.5. The van der Waals surface area contributed by atoms with E-state index in [1.807, 2.05) is 65.6 Å². The summed E-state index contributed by atoms with van der Waals surface area (Å²) in [6.45, 7) is 1.75. The van der Waals surface area contributed by atoms with Crippen LogP contribution < -0.4 is 4.74 Å². The lowest BCUT2D eigenvalue weighted by Crippen LogP contribution is -2.32. The average molecular weight is 443 g/mol. The van der Waals surface area contributed by atoms with Gasteiger partial charge in [-0.1, -0.05) is 41.9 Å². The number of ether oxygens (including phenoxy) is 1. The number of aromatic nitrogens is 1. The van der Waals surface area contributed by atoms with Gasteiger partial charge in [0.2, 0.25) is 0 Å². The topological polar surface area (TPSA) is 42.4 Å². The summed E-state index contributed by atoms with van der Waals surface area (Å²) in [4.78, 5) is 18.9. The molecule has 5 heteroatoms. The Hall–Kier alpha value is -3.37. The summed E-state index contributed by atoms with van der Waals surface area (Å²) in [6, 6.07) is 25.9. The first kappa shape index (κ1) is 20.5. The number of rotatable bonds is 5. The number of carbonyl (C=O) groups is 1. The molecule has 3 aromatic carbocycles. The van der Waals surface area contributed by atoms with Gasteiger partial charge in [-0.3, -0.25) is 4.79 Å². The van der Waals surface area contributed by atoms with Gasteiger partial charge in [-0.25, -0.2) is 4.98 Å². The number of hydrogen-bond acceptors (Lipinski definition) is 3. The van der Waals surface area contributed by atoms with E-state index in [1.54, 1.807) is 0 Å². The molecule has 0 saturated carbocycles. The molecule has 0 aliphatic carbocycles. The fraction of sp³-hybridized carbons (Fsp3) is 0.185. The van der Waals surface area contributed by atoms with Gasteiger partial charge in [-0.15, -0.1) is 0 Å². The van der Waals surface area contributed by atoms with Gasteiger partial charge in [-0.2, -0.15) is 0 Å². The number of pyridine rings is 1. The second-order valence-electron chi connectivity index (χ2n) is 7.98. The van der Waals surface area contributed by atoms with Crippen molar-refractivity contribution in [2.75, 3.05) is 19.7 Å². The Balaban J connectivity index is 1.43. The van der Waals surface area contributed by atoms with E-state index < -0.39 is 0 Å². The predicted molar refractivity (Wildman–Crippen MR) is 129 cm³/mol. The van der Waals surface area contributed by atoms with E-state index in [4.69, 9.17) is 21.3 Å². The van der Waals surface area contributed by atoms with Crippen molar-refractivity contribution in [3.63, 3.8) is 0 Å². The predicted octanol–water partition coefficient (Wildman–Crippen LogP) is 6.22. The summed E-state index contributed by atoms with van der Waals surface area (Å²) >= 11 is 6.28. The monoisotopic (exact) mass is 442 g/mol. The first-order valence-corrected chi connectivity index (χ1v) is 11.2. The zero-order valence-corrected chi connectivity index (χ0v) is 18.4. The molecule has 1 aromatic heterocycles. The number of benzene rings is 3. The first-order chi connectivity index (χ1) is 15.7. The standard InChI is InChI=1S/C27H23ClN2O2/c28-21-10-13-25-24(16-21)23(19-6-2-1-3-7-19)17-26(29-25)20-8-11-22(12-9-20)32-18-27(31)30-14-4-5-15-30/h1-3,6-13,16-17H,4-5,14-15,18H2. The Morgan fingerprint density at radius 1 is 0.906 bits per heavy atom. The third kappa shape index (κ3) is 4.32. The van der Waals surface area contributed by atoms with Crippen LogP contribution in [0.3, 0.4) is 0 Å². The first-order valence-electron chi connectivity index (χ1n) is 10.8. The van der Waals surface area contributed by atoms with Crippen LogP contribution in [0.25, 0.3) is 33.3 Å². The van der Waals surface area contributed by atoms with Gasteiger partial charge in [0.05, 0.1) is 11.2 Å². The minimum absolute atomic E-state index is 0.0499. The molecule has 0 atom stereocenters. The van der Waals surface area contributed by atoms with Crippen molar-refractivity contribution >= 4 is 28.4 Å². The Morgan fingerprint density at radius 3 is 2.41 bits per heavy atom. The van der Waals surface area contributed by atoms with Crippen LogP contribution in [0.4, 0.5) is 0 Å². The minimum Gasteiger partial charge on any atom is -0.484 e. The summed E-state index contributed by atoms with van der Waals surface area (Å²) in [7, 11) is 0. The molecular weight excluding hydrogens is 420 g/mol. The number of nitrogens with zero attached hydrogens (tertiary/aromatic N) is 2. The maximum absolute atomic E-state index is 12.2. The van der Waals surface area contributed by atoms with Gasteiger partial charge < -0.3 is 9.64 Å². The maximum Gasteiger partial charge on any atom is 0.260 e. The number of halogens is 1. The van der Waals surface area contributed by atoms with Crippen molar-refractivity contribution in [3.8, 4) is 28.1 Å². The van der Waals surface area contributed by atoms with Crippen LogP contribution in [0.5, 0.6) is 5.75 Å². The fourth-order valence-corrected chi connectivity index (χ4v) is 4.30. The number of fused-ring (bicyclic) bond motifs is 1. The smallest absolute Gasteiger partial charge is 0.260 e. The molecule has 0 N–H and O–H groups in total. The Bertz CT molecular complexity index is 1250. The van der Waals surface area contributed by atoms with Crippen LogP contribution in [-0.4, -0.2) is 35.5 Å². The molecular formula is C27H23ClN2O2. The van der Waals surface area contributed by atoms with E-state index in [0.717, 1.165) is 59.2 Å². The number of likely N-dealkylation sites (tertiary alicyclic amines) is 1. The second-order valence-corrected chi connectivity index (χ2v) is 8.42. The molecule has 0 bridgehead atoms. The van der Waals surface area contributed by atoms with Gasteiger partial charge in [0.25, 0.3) is 5.91 Å². The highest BCUT2D eigenvalue weighted by molar-refractivity contribution is 6.31. The van der Waals surface area contributed by atoms with Crippen molar-refractivity contribution in [1.29, 1.82) is 0 Å². The van der Waals surface area contributed by atoms with Gasteiger partial charge in [0, 0.05) is 29.1 Å². The van der Waals surface area contributed by atoms with E-state index >= 15 is 0 Å². The molecule has 1 saturated heterocycles. The van der Waals surface area contributed by atoms with Gasteiger partial charge >= 0.3 is 0 Å². The molecule has 1 fully saturated rings. The average Bonchev–Trinajstić information content (AvgIpc) is 3.38. The van der Waals surface area contributed by atoms with E-state index in [9.17, 15) is 4.79 Å². The summed E-state index contributed by atoms with van der Waals surface area (Å²) in [6.07, 6.45) is 2.16. The van der Waals surface area contributed by atoms with Crippen LogP contribution in [0, 0.1) is 0 Å². The van der Waals surface area contributed by atoms with E-state index in [-0.39, 0.29) is 12.5 Å². The highest BCUT2D eigenvalue weighted by Crippen LogP contribution is 2.33. The van der Waals surface area contributed by atoms with Crippen LogP contribution in [0.2, 0.25) is 5.02 Å². The van der Waals surface area contributed by atoms with E-state index in [1.165, 1.54) is 0 Å². The molecule has 4 aromatic rings. The SMILES string of the molecule is O=C(COc1ccc(-c2cc(-c3ccccc3)c3cc(Cl)ccc3n2)cc1)N1CCCC1. The van der Waals surface area contributed by atoms with E-state index in [0.29, 0.717) is 10.8 Å². The highest BCUT2D eigenvalue weighted by atomic mass is 35.5. The minimum atomic E-state index is 0.0499. The van der Waals surface area contributed by atoms with Crippen molar-refractivity contribution in [2.45, 2.75) is 12.8 Å². The molecule has 1 amide bonds. The second kappa shape index (κ2) is 9.01. The molecule has 0 unspecified atom stereocenters. The molecule has 160 valence electrons. The summed E-state index contributed by atoms with van der Waals surface area (Å²) in [5.74, 6) is 0.728. The molecule has 2 heterocycles. The molecule has 32 heavy (non-hydrogen) atoms. The molecule has 1 aliphatic rings. The fourth-order valence-electron chi connectivity index (χ4n) is 4.13. The molecule has 5 rings (SSSR count). The van der Waals surface area contributed by atoms with Crippen molar-refractivity contribution < 1.29 is 9.53 Å². The summed E-state index contributed by atoms with van der Waals surface area (Å²) < 4.78 is 5.72. The number of amides is 1. The lowest BCUT2D eigenvalue weighted by Gasteiger charge is -2.15. The van der Waals surface area contributed by atoms with Gasteiger partial charge in [0.15, 0.2) is 6.61 Å². The molecule has 0 radical (unpaired) electrons. The van der Waals surface area contributed by atoms with Gasteiger partial charge in [-0.05, 0) is 72.5 Å². The maximum atomic E-state index is 12.2. The largest absolute Gasteiger partial charge is 0.484 e. The molecule has 0 spiro atoms. The number of hydrogen-bond donors (Lipinski definition) is 0. The third-order valence-electron chi connectivity index (χ3n) is 5.83. The van der Waals surface area contributed by atoms with Gasteiger partial charge in [0.1, 0.15) is 5.75 Å². The number of carbonyl (C=O) groups excluding carboxylic acids is 1. The van der Waals surface area contributed by atoms with Crippen LogP contribution in [-0.2, 0) is 4.79 Å². The Morgan fingerprint density at radius 2 is 1.66 bits per heavy atom. The van der Waals surface area contributed by atoms with Crippen molar-refractivity contribution in [2.24, 2.45) is 0 Å². The summed E-state index contributed by atoms with van der Waals surface area (Å²) in [5, 5.41) is 1.71. The van der Waals surface area contributed by atoms with Crippen LogP contribution in [0.15, 0.2) is 78.9 Å². The molecule has 1 aliphatic heterocycles. The summed E-state index contributed by atoms with van der Waals surface area (Å²) in [5.41, 5.74) is 4.95. The van der Waals surface area contributed by atoms with Crippen LogP contribution >= 0.6 is 11.6 Å². The Labute approximate surface area is 192 Å². The highest BCUT2D eigenvalue weighted by Gasteiger charge is 2.18. The molecule has 4 nitrogen and oxygen atoms in total. The zero-order valence-electron chi connectivity index (χ0n) is 17.6. The van der Waals surface area contributed by atoms with Crippen molar-refractivity contribution in [3.05, 3.63) is 83.9 Å². The quantitative estimate of drug-likeness (QED) is 0.368.